The molecule has 1 saturated heterocycles. The van der Waals surface area contributed by atoms with Crippen LogP contribution in [-0.4, -0.2) is 36.3 Å². The molecule has 2 rings (SSSR count). The number of aromatic hydroxyl groups is 1. The minimum Gasteiger partial charge on any atom is -0.508 e. The summed E-state index contributed by atoms with van der Waals surface area (Å²) in [6, 6.07) is 6.49. The average molecular weight is 253 g/mol. The molecule has 1 aromatic carbocycles. The van der Waals surface area contributed by atoms with Crippen molar-refractivity contribution in [3.05, 3.63) is 28.8 Å². The Labute approximate surface area is 105 Å². The van der Waals surface area contributed by atoms with E-state index in [1.165, 1.54) is 6.07 Å². The fourth-order valence-electron chi connectivity index (χ4n) is 1.93. The number of benzene rings is 1. The molecule has 0 saturated carbocycles. The molecule has 5 heteroatoms. The first-order valence-corrected chi connectivity index (χ1v) is 5.80. The second-order valence-electron chi connectivity index (χ2n) is 3.88. The van der Waals surface area contributed by atoms with E-state index < -0.39 is 6.04 Å². The first-order valence-electron chi connectivity index (χ1n) is 5.42. The first-order chi connectivity index (χ1) is 8.22. The van der Waals surface area contributed by atoms with Crippen LogP contribution in [0, 0.1) is 11.3 Å². The Bertz CT molecular complexity index is 439. The second-order valence-corrected chi connectivity index (χ2v) is 4.32. The van der Waals surface area contributed by atoms with Crippen LogP contribution in [0.5, 0.6) is 5.75 Å². The van der Waals surface area contributed by atoms with Crippen molar-refractivity contribution >= 4 is 11.6 Å². The van der Waals surface area contributed by atoms with Gasteiger partial charge in [-0.1, -0.05) is 11.6 Å². The van der Waals surface area contributed by atoms with Gasteiger partial charge in [-0.3, -0.25) is 4.90 Å². The lowest BCUT2D eigenvalue weighted by Gasteiger charge is -2.30. The van der Waals surface area contributed by atoms with Crippen LogP contribution in [-0.2, 0) is 4.74 Å². The van der Waals surface area contributed by atoms with Gasteiger partial charge in [-0.2, -0.15) is 5.26 Å². The molecule has 1 atom stereocenters. The molecule has 1 aromatic rings. The molecule has 4 nitrogen and oxygen atoms in total. The Hall–Kier alpha value is -1.28. The van der Waals surface area contributed by atoms with E-state index in [4.69, 9.17) is 16.3 Å². The van der Waals surface area contributed by atoms with Crippen LogP contribution in [0.4, 0.5) is 0 Å². The monoisotopic (exact) mass is 252 g/mol. The topological polar surface area (TPSA) is 56.5 Å². The summed E-state index contributed by atoms with van der Waals surface area (Å²) in [6.45, 7) is 2.59. The van der Waals surface area contributed by atoms with Crippen molar-refractivity contribution in [3.63, 3.8) is 0 Å². The van der Waals surface area contributed by atoms with Crippen molar-refractivity contribution in [1.82, 2.24) is 4.90 Å². The fourth-order valence-corrected chi connectivity index (χ4v) is 2.11. The van der Waals surface area contributed by atoms with E-state index in [9.17, 15) is 10.4 Å². The van der Waals surface area contributed by atoms with Crippen LogP contribution >= 0.6 is 11.6 Å². The quantitative estimate of drug-likeness (QED) is 0.874. The molecule has 1 aliphatic heterocycles. The van der Waals surface area contributed by atoms with Crippen molar-refractivity contribution in [2.24, 2.45) is 0 Å². The SMILES string of the molecule is N#CC(c1cc(Cl)ccc1O)N1CCOCC1. The molecular formula is C12H13ClN2O2. The normalized spacial score (nSPS) is 18.6. The summed E-state index contributed by atoms with van der Waals surface area (Å²) in [4.78, 5) is 1.98. The molecule has 1 unspecified atom stereocenters. The Kier molecular flexibility index (Phi) is 3.85. The predicted molar refractivity (Wildman–Crippen MR) is 63.9 cm³/mol. The van der Waals surface area contributed by atoms with E-state index in [1.54, 1.807) is 12.1 Å². The minimum absolute atomic E-state index is 0.104. The smallest absolute Gasteiger partial charge is 0.127 e. The number of ether oxygens (including phenoxy) is 1. The molecule has 0 aliphatic carbocycles. The number of hydrogen-bond donors (Lipinski definition) is 1. The van der Waals surface area contributed by atoms with E-state index in [2.05, 4.69) is 6.07 Å². The van der Waals surface area contributed by atoms with Crippen LogP contribution in [0.2, 0.25) is 5.02 Å². The summed E-state index contributed by atoms with van der Waals surface area (Å²) in [6.07, 6.45) is 0. The molecule has 90 valence electrons. The van der Waals surface area contributed by atoms with Crippen LogP contribution < -0.4 is 0 Å². The van der Waals surface area contributed by atoms with Gasteiger partial charge in [0, 0.05) is 23.7 Å². The third kappa shape index (κ3) is 2.70. The summed E-state index contributed by atoms with van der Waals surface area (Å²) in [5.74, 6) is 0.104. The van der Waals surface area contributed by atoms with Crippen molar-refractivity contribution in [2.75, 3.05) is 26.3 Å². The van der Waals surface area contributed by atoms with Crippen molar-refractivity contribution < 1.29 is 9.84 Å². The van der Waals surface area contributed by atoms with Gasteiger partial charge in [0.15, 0.2) is 0 Å². The number of phenols is 1. The van der Waals surface area contributed by atoms with Gasteiger partial charge < -0.3 is 9.84 Å². The maximum Gasteiger partial charge on any atom is 0.127 e. The van der Waals surface area contributed by atoms with Crippen LogP contribution in [0.3, 0.4) is 0 Å². The molecule has 0 bridgehead atoms. The lowest BCUT2D eigenvalue weighted by Crippen LogP contribution is -2.38. The number of nitriles is 1. The van der Waals surface area contributed by atoms with Crippen LogP contribution in [0.25, 0.3) is 0 Å². The van der Waals surface area contributed by atoms with Crippen molar-refractivity contribution in [3.8, 4) is 11.8 Å². The Morgan fingerprint density at radius 1 is 1.41 bits per heavy atom. The maximum absolute atomic E-state index is 9.80. The second kappa shape index (κ2) is 5.37. The minimum atomic E-state index is -0.474. The third-order valence-electron chi connectivity index (χ3n) is 2.82. The van der Waals surface area contributed by atoms with Gasteiger partial charge >= 0.3 is 0 Å². The molecule has 1 N–H and O–H groups in total. The molecule has 0 aromatic heterocycles. The Balaban J connectivity index is 2.28. The summed E-state index contributed by atoms with van der Waals surface area (Å²) < 4.78 is 5.24. The van der Waals surface area contributed by atoms with Gasteiger partial charge in [0.2, 0.25) is 0 Å². The van der Waals surface area contributed by atoms with Gasteiger partial charge in [0.05, 0.1) is 19.3 Å². The van der Waals surface area contributed by atoms with Gasteiger partial charge in [-0.25, -0.2) is 0 Å². The first kappa shape index (κ1) is 12.2. The highest BCUT2D eigenvalue weighted by Gasteiger charge is 2.24. The average Bonchev–Trinajstić information content (AvgIpc) is 2.36. The largest absolute Gasteiger partial charge is 0.508 e. The molecule has 17 heavy (non-hydrogen) atoms. The van der Waals surface area contributed by atoms with Gasteiger partial charge in [-0.15, -0.1) is 0 Å². The Morgan fingerprint density at radius 2 is 2.12 bits per heavy atom. The summed E-state index contributed by atoms with van der Waals surface area (Å²) >= 11 is 5.89. The predicted octanol–water partition coefficient (Wildman–Crippen LogP) is 1.94. The summed E-state index contributed by atoms with van der Waals surface area (Å²) in [5.41, 5.74) is 0.557. The van der Waals surface area contributed by atoms with Crippen LogP contribution in [0.15, 0.2) is 18.2 Å². The fraction of sp³-hybridized carbons (Fsp3) is 0.417. The molecule has 0 radical (unpaired) electrons. The number of phenolic OH excluding ortho intramolecular Hbond substituents is 1. The summed E-state index contributed by atoms with van der Waals surface area (Å²) in [7, 11) is 0. The number of hydrogen-bond acceptors (Lipinski definition) is 4. The number of halogens is 1. The zero-order valence-corrected chi connectivity index (χ0v) is 10.0. The zero-order chi connectivity index (χ0) is 12.3. The highest BCUT2D eigenvalue weighted by Crippen LogP contribution is 2.31. The van der Waals surface area contributed by atoms with Gasteiger partial charge in [-0.05, 0) is 18.2 Å². The Morgan fingerprint density at radius 3 is 2.76 bits per heavy atom. The van der Waals surface area contributed by atoms with Crippen molar-refractivity contribution in [2.45, 2.75) is 6.04 Å². The van der Waals surface area contributed by atoms with E-state index in [0.29, 0.717) is 36.9 Å². The molecule has 1 fully saturated rings. The lowest BCUT2D eigenvalue weighted by atomic mass is 10.0. The van der Waals surface area contributed by atoms with Gasteiger partial charge in [0.25, 0.3) is 0 Å². The molecule has 0 spiro atoms. The van der Waals surface area contributed by atoms with E-state index in [1.807, 2.05) is 4.90 Å². The third-order valence-corrected chi connectivity index (χ3v) is 3.05. The van der Waals surface area contributed by atoms with E-state index in [-0.39, 0.29) is 5.75 Å². The van der Waals surface area contributed by atoms with Crippen molar-refractivity contribution in [1.29, 1.82) is 5.26 Å². The van der Waals surface area contributed by atoms with E-state index in [0.717, 1.165) is 0 Å². The summed E-state index contributed by atoms with van der Waals surface area (Å²) in [5, 5.41) is 19.6. The molecule has 0 amide bonds. The zero-order valence-electron chi connectivity index (χ0n) is 9.27. The number of nitrogens with zero attached hydrogens (tertiary/aromatic N) is 2. The lowest BCUT2D eigenvalue weighted by molar-refractivity contribution is 0.0263. The number of rotatable bonds is 2. The van der Waals surface area contributed by atoms with Crippen LogP contribution in [0.1, 0.15) is 11.6 Å². The van der Waals surface area contributed by atoms with E-state index >= 15 is 0 Å². The highest BCUT2D eigenvalue weighted by atomic mass is 35.5. The molecule has 1 heterocycles. The van der Waals surface area contributed by atoms with Gasteiger partial charge in [0.1, 0.15) is 11.8 Å². The maximum atomic E-state index is 9.80. The number of morpholine rings is 1. The highest BCUT2D eigenvalue weighted by molar-refractivity contribution is 6.30. The molecule has 1 aliphatic rings. The standard InChI is InChI=1S/C12H13ClN2O2/c13-9-1-2-12(16)10(7-9)11(8-14)15-3-5-17-6-4-15/h1-2,7,11,16H,3-6H2. The molecular weight excluding hydrogens is 240 g/mol.